The zero-order valence-corrected chi connectivity index (χ0v) is 11.4. The van der Waals surface area contributed by atoms with Gasteiger partial charge in [-0.2, -0.15) is 0 Å². The van der Waals surface area contributed by atoms with Crippen LogP contribution in [0.2, 0.25) is 0 Å². The van der Waals surface area contributed by atoms with Gasteiger partial charge in [-0.1, -0.05) is 11.3 Å². The predicted octanol–water partition coefficient (Wildman–Crippen LogP) is 1.46. The lowest BCUT2D eigenvalue weighted by Gasteiger charge is -2.09. The summed E-state index contributed by atoms with van der Waals surface area (Å²) in [5.41, 5.74) is 0.818. The molecule has 2 aromatic heterocycles. The van der Waals surface area contributed by atoms with Gasteiger partial charge in [-0.15, -0.1) is 5.10 Å². The minimum Gasteiger partial charge on any atom is -0.476 e. The number of rotatable bonds is 6. The maximum Gasteiger partial charge on any atom is 0.358 e. The van der Waals surface area contributed by atoms with E-state index in [0.717, 1.165) is 0 Å². The third-order valence-electron chi connectivity index (χ3n) is 2.60. The van der Waals surface area contributed by atoms with E-state index in [4.69, 9.17) is 4.74 Å². The number of hydrogen-bond acceptors (Lipinski definition) is 5. The number of carboxylic acids is 1. The van der Waals surface area contributed by atoms with E-state index in [0.29, 0.717) is 24.5 Å². The van der Waals surface area contributed by atoms with Gasteiger partial charge in [0.15, 0.2) is 5.69 Å². The third-order valence-corrected chi connectivity index (χ3v) is 2.60. The van der Waals surface area contributed by atoms with Crippen molar-refractivity contribution in [3.8, 4) is 11.4 Å². The molecule has 2 rings (SSSR count). The van der Waals surface area contributed by atoms with Gasteiger partial charge in [-0.25, -0.2) is 9.48 Å². The maximum atomic E-state index is 11.2. The smallest absolute Gasteiger partial charge is 0.358 e. The Morgan fingerprint density at radius 2 is 2.25 bits per heavy atom. The molecule has 0 saturated carbocycles. The minimum absolute atomic E-state index is 0.103. The van der Waals surface area contributed by atoms with E-state index in [2.05, 4.69) is 15.3 Å². The summed E-state index contributed by atoms with van der Waals surface area (Å²) in [7, 11) is 0. The first kappa shape index (κ1) is 14.1. The van der Waals surface area contributed by atoms with Gasteiger partial charge in [0.1, 0.15) is 5.69 Å². The molecule has 0 aliphatic rings. The molecule has 0 saturated heterocycles. The Hall–Kier alpha value is -2.28. The Morgan fingerprint density at radius 1 is 1.45 bits per heavy atom. The summed E-state index contributed by atoms with van der Waals surface area (Å²) in [6.07, 6.45) is 1.71. The molecule has 0 bridgehead atoms. The van der Waals surface area contributed by atoms with Crippen LogP contribution in [0.1, 0.15) is 24.3 Å². The molecule has 0 amide bonds. The summed E-state index contributed by atoms with van der Waals surface area (Å²) in [4.78, 5) is 15.4. The molecular formula is C13H16N4O3. The molecule has 0 radical (unpaired) electrons. The van der Waals surface area contributed by atoms with Crippen LogP contribution in [-0.4, -0.2) is 43.8 Å². The van der Waals surface area contributed by atoms with Crippen LogP contribution >= 0.6 is 0 Å². The Balaban J connectivity index is 2.31. The molecule has 0 spiro atoms. The molecule has 0 aliphatic heterocycles. The van der Waals surface area contributed by atoms with Crippen molar-refractivity contribution in [2.75, 3.05) is 6.61 Å². The molecular weight excluding hydrogens is 260 g/mol. The van der Waals surface area contributed by atoms with Crippen molar-refractivity contribution in [3.05, 3.63) is 30.1 Å². The van der Waals surface area contributed by atoms with Crippen molar-refractivity contribution in [3.63, 3.8) is 0 Å². The second-order valence-corrected chi connectivity index (χ2v) is 4.45. The van der Waals surface area contributed by atoms with E-state index in [-0.39, 0.29) is 11.8 Å². The average molecular weight is 276 g/mol. The van der Waals surface area contributed by atoms with E-state index >= 15 is 0 Å². The first-order valence-corrected chi connectivity index (χ1v) is 6.29. The fourth-order valence-corrected chi connectivity index (χ4v) is 1.74. The molecule has 7 heteroatoms. The van der Waals surface area contributed by atoms with Gasteiger partial charge in [-0.3, -0.25) is 4.98 Å². The van der Waals surface area contributed by atoms with Gasteiger partial charge in [0.25, 0.3) is 0 Å². The summed E-state index contributed by atoms with van der Waals surface area (Å²) >= 11 is 0. The second kappa shape index (κ2) is 6.25. The van der Waals surface area contributed by atoms with Gasteiger partial charge in [0, 0.05) is 6.20 Å². The van der Waals surface area contributed by atoms with E-state index in [1.165, 1.54) is 4.68 Å². The molecule has 2 aromatic rings. The van der Waals surface area contributed by atoms with Crippen LogP contribution in [0, 0.1) is 0 Å². The van der Waals surface area contributed by atoms with Crippen LogP contribution < -0.4 is 0 Å². The van der Waals surface area contributed by atoms with E-state index in [1.54, 1.807) is 24.4 Å². The summed E-state index contributed by atoms with van der Waals surface area (Å²) < 4.78 is 6.96. The summed E-state index contributed by atoms with van der Waals surface area (Å²) in [6.45, 7) is 4.72. The number of pyridine rings is 1. The molecule has 106 valence electrons. The average Bonchev–Trinajstić information content (AvgIpc) is 2.83. The standard InChI is InChI=1S/C13H16N4O3/c1-9(2)20-8-7-17-12(10-5-3-4-6-14-10)11(13(18)19)15-16-17/h3-6,9H,7-8H2,1-2H3,(H,18,19). The van der Waals surface area contributed by atoms with Crippen molar-refractivity contribution >= 4 is 5.97 Å². The number of carbonyl (C=O) groups is 1. The Bertz CT molecular complexity index is 581. The topological polar surface area (TPSA) is 90.1 Å². The van der Waals surface area contributed by atoms with E-state index < -0.39 is 5.97 Å². The quantitative estimate of drug-likeness (QED) is 0.859. The first-order valence-electron chi connectivity index (χ1n) is 6.29. The summed E-state index contributed by atoms with van der Waals surface area (Å²) in [5, 5.41) is 16.8. The fraction of sp³-hybridized carbons (Fsp3) is 0.385. The summed E-state index contributed by atoms with van der Waals surface area (Å²) in [6, 6.07) is 5.28. The number of hydrogen-bond donors (Lipinski definition) is 1. The molecule has 0 aromatic carbocycles. The number of nitrogens with zero attached hydrogens (tertiary/aromatic N) is 4. The first-order chi connectivity index (χ1) is 9.59. The highest BCUT2D eigenvalue weighted by atomic mass is 16.5. The van der Waals surface area contributed by atoms with Crippen LogP contribution in [0.15, 0.2) is 24.4 Å². The molecule has 0 fully saturated rings. The van der Waals surface area contributed by atoms with Crippen molar-refractivity contribution in [1.29, 1.82) is 0 Å². The lowest BCUT2D eigenvalue weighted by atomic mass is 10.2. The normalized spacial score (nSPS) is 10.9. The van der Waals surface area contributed by atoms with Gasteiger partial charge < -0.3 is 9.84 Å². The Labute approximate surface area is 116 Å². The van der Waals surface area contributed by atoms with Gasteiger partial charge in [-0.05, 0) is 26.0 Å². The van der Waals surface area contributed by atoms with Crippen molar-refractivity contribution in [2.45, 2.75) is 26.5 Å². The predicted molar refractivity (Wildman–Crippen MR) is 71.3 cm³/mol. The van der Waals surface area contributed by atoms with Crippen LogP contribution in [0.4, 0.5) is 0 Å². The number of carboxylic acid groups (broad SMARTS) is 1. The van der Waals surface area contributed by atoms with Gasteiger partial charge in [0.05, 0.1) is 24.9 Å². The monoisotopic (exact) mass is 276 g/mol. The molecule has 7 nitrogen and oxygen atoms in total. The highest BCUT2D eigenvalue weighted by molar-refractivity contribution is 5.92. The second-order valence-electron chi connectivity index (χ2n) is 4.45. The van der Waals surface area contributed by atoms with E-state index in [9.17, 15) is 9.90 Å². The molecule has 1 N–H and O–H groups in total. The van der Waals surface area contributed by atoms with Crippen LogP contribution in [0.5, 0.6) is 0 Å². The maximum absolute atomic E-state index is 11.2. The lowest BCUT2D eigenvalue weighted by Crippen LogP contribution is -2.13. The van der Waals surface area contributed by atoms with Crippen molar-refractivity contribution < 1.29 is 14.6 Å². The van der Waals surface area contributed by atoms with Crippen LogP contribution in [0.3, 0.4) is 0 Å². The Kier molecular flexibility index (Phi) is 4.41. The number of aromatic nitrogens is 4. The van der Waals surface area contributed by atoms with E-state index in [1.807, 2.05) is 13.8 Å². The zero-order valence-electron chi connectivity index (χ0n) is 11.4. The van der Waals surface area contributed by atoms with Crippen LogP contribution in [0.25, 0.3) is 11.4 Å². The zero-order chi connectivity index (χ0) is 14.5. The third kappa shape index (κ3) is 3.18. The van der Waals surface area contributed by atoms with Crippen LogP contribution in [-0.2, 0) is 11.3 Å². The highest BCUT2D eigenvalue weighted by Gasteiger charge is 2.21. The Morgan fingerprint density at radius 3 is 2.85 bits per heavy atom. The van der Waals surface area contributed by atoms with Gasteiger partial charge in [0.2, 0.25) is 0 Å². The number of ether oxygens (including phenoxy) is 1. The highest BCUT2D eigenvalue weighted by Crippen LogP contribution is 2.19. The molecule has 20 heavy (non-hydrogen) atoms. The minimum atomic E-state index is -1.12. The molecule has 0 atom stereocenters. The number of aromatic carboxylic acids is 1. The summed E-state index contributed by atoms with van der Waals surface area (Å²) in [5.74, 6) is -1.12. The SMILES string of the molecule is CC(C)OCCn1nnc(C(=O)O)c1-c1ccccn1. The fourth-order valence-electron chi connectivity index (χ4n) is 1.74. The lowest BCUT2D eigenvalue weighted by molar-refractivity contribution is 0.0687. The van der Waals surface area contributed by atoms with Crippen molar-refractivity contribution in [1.82, 2.24) is 20.0 Å². The van der Waals surface area contributed by atoms with Crippen molar-refractivity contribution in [2.24, 2.45) is 0 Å². The molecule has 0 unspecified atom stereocenters. The molecule has 2 heterocycles. The van der Waals surface area contributed by atoms with Gasteiger partial charge >= 0.3 is 5.97 Å². The molecule has 0 aliphatic carbocycles. The largest absolute Gasteiger partial charge is 0.476 e.